The van der Waals surface area contributed by atoms with E-state index in [9.17, 15) is 4.79 Å². The van der Waals surface area contributed by atoms with Gasteiger partial charge in [-0.1, -0.05) is 53.8 Å². The van der Waals surface area contributed by atoms with Crippen LogP contribution in [0.25, 0.3) is 10.2 Å². The van der Waals surface area contributed by atoms with Crippen molar-refractivity contribution < 1.29 is 9.53 Å². The zero-order valence-corrected chi connectivity index (χ0v) is 15.9. The highest BCUT2D eigenvalue weighted by atomic mass is 35.5. The average Bonchev–Trinajstić information content (AvgIpc) is 2.90. The molecule has 1 aromatic carbocycles. The molecule has 1 aliphatic carbocycles. The van der Waals surface area contributed by atoms with Gasteiger partial charge in [0.1, 0.15) is 0 Å². The predicted octanol–water partition coefficient (Wildman–Crippen LogP) is 4.66. The summed E-state index contributed by atoms with van der Waals surface area (Å²) in [4.78, 5) is 17.7. The quantitative estimate of drug-likeness (QED) is 0.766. The first-order chi connectivity index (χ1) is 11.6. The number of hydrogen-bond acceptors (Lipinski definition) is 3. The third kappa shape index (κ3) is 3.85. The molecular weight excluding hydrogens is 367 g/mol. The summed E-state index contributed by atoms with van der Waals surface area (Å²) in [5.74, 6) is 0.0357. The van der Waals surface area contributed by atoms with Gasteiger partial charge in [-0.05, 0) is 25.0 Å². The van der Waals surface area contributed by atoms with E-state index in [1.807, 2.05) is 10.6 Å². The zero-order chi connectivity index (χ0) is 17.1. The van der Waals surface area contributed by atoms with Crippen LogP contribution in [0.5, 0.6) is 0 Å². The number of rotatable bonds is 4. The molecular formula is C17H20Cl2N2O2S. The summed E-state index contributed by atoms with van der Waals surface area (Å²) in [6.07, 6.45) is 5.33. The van der Waals surface area contributed by atoms with Crippen molar-refractivity contribution in [1.82, 2.24) is 4.57 Å². The number of methoxy groups -OCH3 is 1. The molecule has 1 saturated carbocycles. The number of thiazole rings is 1. The van der Waals surface area contributed by atoms with Gasteiger partial charge in [0.25, 0.3) is 5.91 Å². The Morgan fingerprint density at radius 1 is 1.33 bits per heavy atom. The lowest BCUT2D eigenvalue weighted by atomic mass is 9.89. The summed E-state index contributed by atoms with van der Waals surface area (Å²) >= 11 is 13.9. The first-order valence-corrected chi connectivity index (χ1v) is 9.73. The van der Waals surface area contributed by atoms with Gasteiger partial charge in [-0.2, -0.15) is 4.99 Å². The van der Waals surface area contributed by atoms with E-state index >= 15 is 0 Å². The van der Waals surface area contributed by atoms with Crippen molar-refractivity contribution in [2.75, 3.05) is 13.7 Å². The molecule has 1 aliphatic rings. The molecule has 2 aromatic rings. The van der Waals surface area contributed by atoms with Gasteiger partial charge in [-0.3, -0.25) is 4.79 Å². The molecule has 1 heterocycles. The number of hydrogen-bond donors (Lipinski definition) is 0. The summed E-state index contributed by atoms with van der Waals surface area (Å²) in [5.41, 5.74) is 0.860. The van der Waals surface area contributed by atoms with Crippen LogP contribution in [0, 0.1) is 5.92 Å². The number of carbonyl (C=O) groups excluding carboxylic acids is 1. The lowest BCUT2D eigenvalue weighted by Crippen LogP contribution is -2.23. The molecule has 130 valence electrons. The van der Waals surface area contributed by atoms with E-state index in [0.29, 0.717) is 28.0 Å². The molecule has 1 aromatic heterocycles. The van der Waals surface area contributed by atoms with Crippen molar-refractivity contribution in [2.24, 2.45) is 10.9 Å². The standard InChI is InChI=1S/C17H20Cl2N2O2S/c1-23-8-7-21-15-13(19)9-12(18)10-14(15)24-17(21)20-16(22)11-5-3-2-4-6-11/h9-11H,2-8H2,1H3. The molecule has 0 bridgehead atoms. The van der Waals surface area contributed by atoms with Crippen molar-refractivity contribution in [3.63, 3.8) is 0 Å². The second-order valence-electron chi connectivity index (χ2n) is 6.05. The van der Waals surface area contributed by atoms with Crippen LogP contribution < -0.4 is 4.80 Å². The third-order valence-corrected chi connectivity index (χ3v) is 5.91. The fourth-order valence-electron chi connectivity index (χ4n) is 3.14. The number of carbonyl (C=O) groups is 1. The van der Waals surface area contributed by atoms with E-state index in [4.69, 9.17) is 27.9 Å². The zero-order valence-electron chi connectivity index (χ0n) is 13.6. The summed E-state index contributed by atoms with van der Waals surface area (Å²) in [6.45, 7) is 1.12. The van der Waals surface area contributed by atoms with Crippen LogP contribution in [0.1, 0.15) is 32.1 Å². The number of aromatic nitrogens is 1. The Labute approximate surface area is 155 Å². The Bertz CT molecular complexity index is 807. The minimum Gasteiger partial charge on any atom is -0.383 e. The topological polar surface area (TPSA) is 43.6 Å². The molecule has 1 fully saturated rings. The number of fused-ring (bicyclic) bond motifs is 1. The van der Waals surface area contributed by atoms with Gasteiger partial charge in [-0.25, -0.2) is 0 Å². The van der Waals surface area contributed by atoms with Gasteiger partial charge in [-0.15, -0.1) is 0 Å². The SMILES string of the molecule is COCCn1c(=NC(=O)C2CCCCC2)sc2cc(Cl)cc(Cl)c21. The van der Waals surface area contributed by atoms with Crippen molar-refractivity contribution in [3.05, 3.63) is 27.0 Å². The molecule has 0 saturated heterocycles. The van der Waals surface area contributed by atoms with Crippen LogP contribution in [-0.2, 0) is 16.1 Å². The number of amides is 1. The molecule has 3 rings (SSSR count). The minimum atomic E-state index is -0.0188. The minimum absolute atomic E-state index is 0.0188. The van der Waals surface area contributed by atoms with Gasteiger partial charge in [0.2, 0.25) is 0 Å². The van der Waals surface area contributed by atoms with Gasteiger partial charge < -0.3 is 9.30 Å². The summed E-state index contributed by atoms with van der Waals surface area (Å²) in [6, 6.07) is 3.58. The van der Waals surface area contributed by atoms with Crippen LogP contribution in [0.3, 0.4) is 0 Å². The largest absolute Gasteiger partial charge is 0.383 e. The Balaban J connectivity index is 2.06. The molecule has 0 atom stereocenters. The van der Waals surface area contributed by atoms with E-state index in [2.05, 4.69) is 4.99 Å². The number of nitrogens with zero attached hydrogens (tertiary/aromatic N) is 2. The Morgan fingerprint density at radius 3 is 2.79 bits per heavy atom. The van der Waals surface area contributed by atoms with Crippen LogP contribution in [0.4, 0.5) is 0 Å². The summed E-state index contributed by atoms with van der Waals surface area (Å²) in [7, 11) is 1.65. The molecule has 0 unspecified atom stereocenters. The van der Waals surface area contributed by atoms with E-state index in [-0.39, 0.29) is 11.8 Å². The molecule has 4 nitrogen and oxygen atoms in total. The first-order valence-electron chi connectivity index (χ1n) is 8.16. The number of benzene rings is 1. The molecule has 1 amide bonds. The molecule has 0 N–H and O–H groups in total. The Morgan fingerprint density at radius 2 is 2.08 bits per heavy atom. The van der Waals surface area contributed by atoms with Crippen LogP contribution in [0.15, 0.2) is 17.1 Å². The van der Waals surface area contributed by atoms with E-state index < -0.39 is 0 Å². The highest BCUT2D eigenvalue weighted by Crippen LogP contribution is 2.30. The maximum absolute atomic E-state index is 12.6. The van der Waals surface area contributed by atoms with Crippen molar-refractivity contribution in [2.45, 2.75) is 38.6 Å². The fraction of sp³-hybridized carbons (Fsp3) is 0.529. The molecule has 0 radical (unpaired) electrons. The molecule has 0 aliphatic heterocycles. The van der Waals surface area contributed by atoms with Gasteiger partial charge in [0.15, 0.2) is 4.80 Å². The second kappa shape index (κ2) is 8.00. The van der Waals surface area contributed by atoms with E-state index in [1.165, 1.54) is 17.8 Å². The smallest absolute Gasteiger partial charge is 0.251 e. The van der Waals surface area contributed by atoms with Crippen molar-refractivity contribution >= 4 is 50.7 Å². The normalized spacial score (nSPS) is 16.9. The fourth-order valence-corrected chi connectivity index (χ4v) is 4.98. The highest BCUT2D eigenvalue weighted by molar-refractivity contribution is 7.16. The summed E-state index contributed by atoms with van der Waals surface area (Å²) < 4.78 is 8.08. The predicted molar refractivity (Wildman–Crippen MR) is 98.9 cm³/mol. The third-order valence-electron chi connectivity index (χ3n) is 4.37. The van der Waals surface area contributed by atoms with Crippen molar-refractivity contribution in [3.8, 4) is 0 Å². The van der Waals surface area contributed by atoms with Gasteiger partial charge in [0, 0.05) is 24.6 Å². The van der Waals surface area contributed by atoms with E-state index in [0.717, 1.165) is 35.9 Å². The maximum atomic E-state index is 12.6. The van der Waals surface area contributed by atoms with Gasteiger partial charge in [0.05, 0.1) is 21.8 Å². The lowest BCUT2D eigenvalue weighted by Gasteiger charge is -2.17. The Hall–Kier alpha value is -0.880. The van der Waals surface area contributed by atoms with Crippen LogP contribution in [-0.4, -0.2) is 24.2 Å². The van der Waals surface area contributed by atoms with Crippen LogP contribution in [0.2, 0.25) is 10.0 Å². The maximum Gasteiger partial charge on any atom is 0.251 e. The highest BCUT2D eigenvalue weighted by Gasteiger charge is 2.21. The lowest BCUT2D eigenvalue weighted by molar-refractivity contribution is -0.122. The van der Waals surface area contributed by atoms with Crippen LogP contribution >= 0.6 is 34.5 Å². The molecule has 0 spiro atoms. The van der Waals surface area contributed by atoms with Gasteiger partial charge >= 0.3 is 0 Å². The second-order valence-corrected chi connectivity index (χ2v) is 7.90. The van der Waals surface area contributed by atoms with E-state index in [1.54, 1.807) is 13.2 Å². The Kier molecular flexibility index (Phi) is 5.98. The molecule has 7 heteroatoms. The summed E-state index contributed by atoms with van der Waals surface area (Å²) in [5, 5.41) is 1.15. The monoisotopic (exact) mass is 386 g/mol. The first kappa shape index (κ1) is 17.9. The number of ether oxygens (including phenoxy) is 1. The molecule has 24 heavy (non-hydrogen) atoms. The number of halogens is 2. The van der Waals surface area contributed by atoms with Crippen molar-refractivity contribution in [1.29, 1.82) is 0 Å². The average molecular weight is 387 g/mol.